The lowest BCUT2D eigenvalue weighted by molar-refractivity contribution is 0.0262. The summed E-state index contributed by atoms with van der Waals surface area (Å²) < 4.78 is 11.5. The largest absolute Gasteiger partial charge is 0.463 e. The Hall–Kier alpha value is -0.840. The maximum Gasteiger partial charge on any atom is 0.120 e. The maximum atomic E-state index is 6.04. The molecule has 0 aromatic carbocycles. The molecule has 21 heavy (non-hydrogen) atoms. The molecule has 1 aliphatic rings. The van der Waals surface area contributed by atoms with Crippen LogP contribution in [-0.4, -0.2) is 36.7 Å². The highest BCUT2D eigenvalue weighted by Crippen LogP contribution is 2.20. The fourth-order valence-corrected chi connectivity index (χ4v) is 2.76. The molecule has 0 spiro atoms. The minimum atomic E-state index is 0.109. The summed E-state index contributed by atoms with van der Waals surface area (Å²) in [4.78, 5) is 2.43. The van der Waals surface area contributed by atoms with Crippen molar-refractivity contribution in [3.05, 3.63) is 23.2 Å². The van der Waals surface area contributed by atoms with Crippen LogP contribution in [0.5, 0.6) is 0 Å². The molecule has 4 heteroatoms. The number of hydrogen-bond acceptors (Lipinski definition) is 4. The molecule has 2 rings (SSSR count). The Bertz CT molecular complexity index is 448. The highest BCUT2D eigenvalue weighted by molar-refractivity contribution is 5.20. The minimum Gasteiger partial charge on any atom is -0.463 e. The van der Waals surface area contributed by atoms with Gasteiger partial charge < -0.3 is 14.5 Å². The molecule has 1 atom stereocenters. The third kappa shape index (κ3) is 5.13. The second-order valence-corrected chi connectivity index (χ2v) is 7.16. The van der Waals surface area contributed by atoms with Crippen LogP contribution in [0.15, 0.2) is 10.5 Å². The molecular formula is C17H30N2O2. The molecule has 1 aliphatic heterocycles. The van der Waals surface area contributed by atoms with Crippen molar-refractivity contribution in [3.8, 4) is 0 Å². The zero-order chi connectivity index (χ0) is 15.5. The molecule has 4 nitrogen and oxygen atoms in total. The summed E-state index contributed by atoms with van der Waals surface area (Å²) in [7, 11) is 1.81. The van der Waals surface area contributed by atoms with Crippen LogP contribution in [-0.2, 0) is 17.8 Å². The van der Waals surface area contributed by atoms with E-state index in [1.807, 2.05) is 7.11 Å². The molecule has 0 amide bonds. The first-order valence-corrected chi connectivity index (χ1v) is 7.96. The van der Waals surface area contributed by atoms with E-state index in [4.69, 9.17) is 9.15 Å². The van der Waals surface area contributed by atoms with Crippen LogP contribution in [0.25, 0.3) is 0 Å². The Morgan fingerprint density at radius 1 is 1.43 bits per heavy atom. The summed E-state index contributed by atoms with van der Waals surface area (Å²) in [6, 6.07) is 2.18. The van der Waals surface area contributed by atoms with Crippen LogP contribution in [0, 0.1) is 6.92 Å². The molecule has 2 heterocycles. The molecule has 120 valence electrons. The normalized spacial score (nSPS) is 20.9. The molecule has 0 aliphatic carbocycles. The average molecular weight is 294 g/mol. The number of rotatable bonds is 5. The zero-order valence-corrected chi connectivity index (χ0v) is 14.2. The first-order chi connectivity index (χ1) is 9.87. The Morgan fingerprint density at radius 3 is 2.86 bits per heavy atom. The van der Waals surface area contributed by atoms with Gasteiger partial charge in [0.2, 0.25) is 0 Å². The second-order valence-electron chi connectivity index (χ2n) is 7.16. The van der Waals surface area contributed by atoms with E-state index in [1.165, 1.54) is 18.4 Å². The third-order valence-corrected chi connectivity index (χ3v) is 4.03. The number of hydrogen-bond donors (Lipinski definition) is 1. The standard InChI is InChI=1S/C17H30N2O2/c1-13-9-15(21-16(13)10-18-17(2,3)4)12-19-8-6-7-14(11-19)20-5/h9,14,18H,6-8,10-12H2,1-5H3. The fraction of sp³-hybridized carbons (Fsp3) is 0.765. The Kier molecular flexibility index (Phi) is 5.47. The first kappa shape index (κ1) is 16.5. The van der Waals surface area contributed by atoms with Crippen molar-refractivity contribution in [1.82, 2.24) is 10.2 Å². The van der Waals surface area contributed by atoms with E-state index < -0.39 is 0 Å². The van der Waals surface area contributed by atoms with Crippen molar-refractivity contribution in [1.29, 1.82) is 0 Å². The summed E-state index contributed by atoms with van der Waals surface area (Å²) >= 11 is 0. The van der Waals surface area contributed by atoms with E-state index >= 15 is 0 Å². The predicted octanol–water partition coefficient (Wildman–Crippen LogP) is 3.09. The van der Waals surface area contributed by atoms with Crippen LogP contribution >= 0.6 is 0 Å². The van der Waals surface area contributed by atoms with Crippen LogP contribution in [0.3, 0.4) is 0 Å². The monoisotopic (exact) mass is 294 g/mol. The maximum absolute atomic E-state index is 6.04. The van der Waals surface area contributed by atoms with Crippen LogP contribution < -0.4 is 5.32 Å². The third-order valence-electron chi connectivity index (χ3n) is 4.03. The summed E-state index contributed by atoms with van der Waals surface area (Å²) in [6.45, 7) is 12.5. The van der Waals surface area contributed by atoms with E-state index in [0.29, 0.717) is 6.10 Å². The molecule has 1 N–H and O–H groups in total. The number of nitrogens with one attached hydrogen (secondary N) is 1. The number of ether oxygens (including phenoxy) is 1. The van der Waals surface area contributed by atoms with Crippen molar-refractivity contribution in [2.75, 3.05) is 20.2 Å². The predicted molar refractivity (Wildman–Crippen MR) is 85.3 cm³/mol. The number of piperidine rings is 1. The fourth-order valence-electron chi connectivity index (χ4n) is 2.76. The topological polar surface area (TPSA) is 37.6 Å². The second kappa shape index (κ2) is 6.95. The summed E-state index contributed by atoms with van der Waals surface area (Å²) in [6.07, 6.45) is 2.75. The average Bonchev–Trinajstić information content (AvgIpc) is 2.76. The number of likely N-dealkylation sites (tertiary alicyclic amines) is 1. The Morgan fingerprint density at radius 2 is 2.19 bits per heavy atom. The van der Waals surface area contributed by atoms with Crippen molar-refractivity contribution >= 4 is 0 Å². The van der Waals surface area contributed by atoms with E-state index in [9.17, 15) is 0 Å². The highest BCUT2D eigenvalue weighted by atomic mass is 16.5. The van der Waals surface area contributed by atoms with Gasteiger partial charge in [-0.05, 0) is 58.7 Å². The quantitative estimate of drug-likeness (QED) is 0.905. The van der Waals surface area contributed by atoms with Gasteiger partial charge in [-0.15, -0.1) is 0 Å². The first-order valence-electron chi connectivity index (χ1n) is 7.96. The van der Waals surface area contributed by atoms with Gasteiger partial charge in [0.25, 0.3) is 0 Å². The summed E-state index contributed by atoms with van der Waals surface area (Å²) in [5.41, 5.74) is 1.35. The van der Waals surface area contributed by atoms with E-state index in [2.05, 4.69) is 44.0 Å². The Balaban J connectivity index is 1.92. The molecule has 1 aromatic rings. The smallest absolute Gasteiger partial charge is 0.120 e. The molecule has 1 saturated heterocycles. The van der Waals surface area contributed by atoms with Gasteiger partial charge in [0.1, 0.15) is 11.5 Å². The zero-order valence-electron chi connectivity index (χ0n) is 14.2. The van der Waals surface area contributed by atoms with Crippen LogP contribution in [0.4, 0.5) is 0 Å². The van der Waals surface area contributed by atoms with Gasteiger partial charge in [0.05, 0.1) is 19.2 Å². The van der Waals surface area contributed by atoms with Crippen LogP contribution in [0.1, 0.15) is 50.7 Å². The van der Waals surface area contributed by atoms with E-state index in [-0.39, 0.29) is 5.54 Å². The van der Waals surface area contributed by atoms with Gasteiger partial charge in [-0.3, -0.25) is 4.90 Å². The van der Waals surface area contributed by atoms with Crippen molar-refractivity contribution < 1.29 is 9.15 Å². The van der Waals surface area contributed by atoms with Crippen LogP contribution in [0.2, 0.25) is 0 Å². The van der Waals surface area contributed by atoms with Gasteiger partial charge >= 0.3 is 0 Å². The van der Waals surface area contributed by atoms with Gasteiger partial charge in [0, 0.05) is 19.2 Å². The summed E-state index contributed by atoms with van der Waals surface area (Å²) in [5, 5.41) is 3.48. The number of nitrogens with zero attached hydrogens (tertiary/aromatic N) is 1. The molecule has 0 saturated carbocycles. The lowest BCUT2D eigenvalue weighted by atomic mass is 10.1. The molecule has 1 fully saturated rings. The number of furan rings is 1. The Labute approximate surface area is 128 Å². The van der Waals surface area contributed by atoms with Gasteiger partial charge in [-0.25, -0.2) is 0 Å². The van der Waals surface area contributed by atoms with E-state index in [1.54, 1.807) is 0 Å². The molecule has 1 aromatic heterocycles. The minimum absolute atomic E-state index is 0.109. The van der Waals surface area contributed by atoms with Gasteiger partial charge in [-0.1, -0.05) is 0 Å². The number of aryl methyl sites for hydroxylation is 1. The van der Waals surface area contributed by atoms with Gasteiger partial charge in [-0.2, -0.15) is 0 Å². The molecule has 0 bridgehead atoms. The van der Waals surface area contributed by atoms with Crippen molar-refractivity contribution in [3.63, 3.8) is 0 Å². The van der Waals surface area contributed by atoms with Crippen molar-refractivity contribution in [2.45, 2.75) is 65.3 Å². The highest BCUT2D eigenvalue weighted by Gasteiger charge is 2.21. The molecule has 1 unspecified atom stereocenters. The number of methoxy groups -OCH3 is 1. The molecular weight excluding hydrogens is 264 g/mol. The van der Waals surface area contributed by atoms with Gasteiger partial charge in [0.15, 0.2) is 0 Å². The lowest BCUT2D eigenvalue weighted by Crippen LogP contribution is -2.38. The summed E-state index contributed by atoms with van der Waals surface area (Å²) in [5.74, 6) is 2.12. The SMILES string of the molecule is COC1CCCN(Cc2cc(C)c(CNC(C)(C)C)o2)C1. The van der Waals surface area contributed by atoms with E-state index in [0.717, 1.165) is 37.7 Å². The van der Waals surface area contributed by atoms with Crippen molar-refractivity contribution in [2.24, 2.45) is 0 Å². The molecule has 0 radical (unpaired) electrons. The lowest BCUT2D eigenvalue weighted by Gasteiger charge is -2.31.